The number of pyridine rings is 1. The highest BCUT2D eigenvalue weighted by Crippen LogP contribution is 2.35. The van der Waals surface area contributed by atoms with E-state index in [-0.39, 0.29) is 52.4 Å². The van der Waals surface area contributed by atoms with Crippen molar-refractivity contribution >= 4 is 33.2 Å². The Labute approximate surface area is 211 Å². The summed E-state index contributed by atoms with van der Waals surface area (Å²) in [6, 6.07) is 12.7. The Morgan fingerprint density at radius 1 is 1.11 bits per heavy atom. The van der Waals surface area contributed by atoms with Gasteiger partial charge < -0.3 is 14.9 Å². The van der Waals surface area contributed by atoms with Crippen molar-refractivity contribution in [1.29, 1.82) is 0 Å². The number of ether oxygens (including phenoxy) is 1. The number of sulfonamides is 1. The second kappa shape index (κ2) is 10.4. The predicted octanol–water partition coefficient (Wildman–Crippen LogP) is 3.42. The average Bonchev–Trinajstić information content (AvgIpc) is 3.25. The van der Waals surface area contributed by atoms with Gasteiger partial charge in [0.15, 0.2) is 0 Å². The van der Waals surface area contributed by atoms with Crippen LogP contribution in [-0.2, 0) is 14.8 Å². The predicted molar refractivity (Wildman–Crippen MR) is 133 cm³/mol. The SMILES string of the molecule is COC(=O)c1c(-c2ccc(F)cc2)nn2cc(NS(=O)(=O)CCCO)c(-c3cccc(C(=O)O)c3)cc12. The Morgan fingerprint density at radius 2 is 1.84 bits per heavy atom. The van der Waals surface area contributed by atoms with Crippen LogP contribution in [0.3, 0.4) is 0 Å². The number of carbonyl (C=O) groups is 2. The van der Waals surface area contributed by atoms with Gasteiger partial charge in [0.25, 0.3) is 0 Å². The zero-order valence-electron chi connectivity index (χ0n) is 19.5. The lowest BCUT2D eigenvalue weighted by Gasteiger charge is -2.14. The smallest absolute Gasteiger partial charge is 0.342 e. The van der Waals surface area contributed by atoms with Crippen LogP contribution in [0.1, 0.15) is 27.1 Å². The van der Waals surface area contributed by atoms with Crippen LogP contribution in [0.4, 0.5) is 10.1 Å². The first-order valence-electron chi connectivity index (χ1n) is 11.0. The fourth-order valence-electron chi connectivity index (χ4n) is 3.82. The second-order valence-corrected chi connectivity index (χ2v) is 9.88. The van der Waals surface area contributed by atoms with Crippen molar-refractivity contribution in [3.63, 3.8) is 0 Å². The number of benzene rings is 2. The number of anilines is 1. The number of halogens is 1. The molecule has 0 radical (unpaired) electrons. The molecular formula is C25H22FN3O7S. The standard InChI is InChI=1S/C25H22FN3O7S/c1-36-25(33)22-21-13-19(16-4-2-5-17(12-16)24(31)32)20(28-37(34,35)11-3-10-30)14-29(21)27-23(22)15-6-8-18(26)9-7-15/h2,4-9,12-14,28,30H,3,10-11H2,1H3,(H,31,32). The summed E-state index contributed by atoms with van der Waals surface area (Å²) in [6.45, 7) is -0.323. The lowest BCUT2D eigenvalue weighted by molar-refractivity contribution is 0.0602. The third-order valence-corrected chi connectivity index (χ3v) is 6.89. The number of methoxy groups -OCH3 is 1. The molecule has 192 valence electrons. The van der Waals surface area contributed by atoms with Crippen molar-refractivity contribution in [3.05, 3.63) is 77.7 Å². The van der Waals surface area contributed by atoms with E-state index in [0.717, 1.165) is 0 Å². The lowest BCUT2D eigenvalue weighted by Crippen LogP contribution is -2.18. The number of nitrogens with one attached hydrogen (secondary N) is 1. The minimum absolute atomic E-state index is 0.00435. The van der Waals surface area contributed by atoms with E-state index in [0.29, 0.717) is 11.1 Å². The Bertz CT molecular complexity index is 1600. The highest BCUT2D eigenvalue weighted by molar-refractivity contribution is 7.92. The zero-order chi connectivity index (χ0) is 26.7. The van der Waals surface area contributed by atoms with Crippen molar-refractivity contribution in [2.24, 2.45) is 0 Å². The fraction of sp³-hybridized carbons (Fsp3) is 0.160. The number of rotatable bonds is 9. The quantitative estimate of drug-likeness (QED) is 0.281. The number of esters is 1. The molecule has 4 aromatic rings. The molecule has 0 unspecified atom stereocenters. The summed E-state index contributed by atoms with van der Waals surface area (Å²) >= 11 is 0. The Kier molecular flexibility index (Phi) is 7.23. The van der Waals surface area contributed by atoms with Gasteiger partial charge in [0, 0.05) is 17.7 Å². The van der Waals surface area contributed by atoms with E-state index >= 15 is 0 Å². The van der Waals surface area contributed by atoms with E-state index in [9.17, 15) is 27.5 Å². The van der Waals surface area contributed by atoms with Crippen molar-refractivity contribution < 1.29 is 37.3 Å². The molecule has 0 aliphatic carbocycles. The third kappa shape index (κ3) is 5.44. The molecule has 0 fully saturated rings. The summed E-state index contributed by atoms with van der Waals surface area (Å²) in [5.74, 6) is -2.74. The minimum Gasteiger partial charge on any atom is -0.478 e. The second-order valence-electron chi connectivity index (χ2n) is 8.04. The highest BCUT2D eigenvalue weighted by Gasteiger charge is 2.25. The molecule has 0 aliphatic rings. The van der Waals surface area contributed by atoms with Crippen molar-refractivity contribution in [2.45, 2.75) is 6.42 Å². The summed E-state index contributed by atoms with van der Waals surface area (Å²) in [7, 11) is -2.71. The van der Waals surface area contributed by atoms with E-state index in [4.69, 9.17) is 9.84 Å². The van der Waals surface area contributed by atoms with Gasteiger partial charge >= 0.3 is 11.9 Å². The molecule has 0 atom stereocenters. The number of carboxylic acids is 1. The summed E-state index contributed by atoms with van der Waals surface area (Å²) in [5.41, 5.74) is 1.58. The number of aliphatic hydroxyl groups is 1. The first-order chi connectivity index (χ1) is 17.6. The number of aromatic carboxylic acids is 1. The Morgan fingerprint density at radius 3 is 2.49 bits per heavy atom. The molecule has 0 amide bonds. The van der Waals surface area contributed by atoms with Gasteiger partial charge in [0.1, 0.15) is 17.1 Å². The first-order valence-corrected chi connectivity index (χ1v) is 12.6. The Hall–Kier alpha value is -4.29. The van der Waals surface area contributed by atoms with Gasteiger partial charge in [-0.05, 0) is 54.4 Å². The van der Waals surface area contributed by atoms with Crippen molar-refractivity contribution in [3.8, 4) is 22.4 Å². The van der Waals surface area contributed by atoms with Gasteiger partial charge in [0.2, 0.25) is 10.0 Å². The van der Waals surface area contributed by atoms with Gasteiger partial charge in [0.05, 0.1) is 35.8 Å². The van der Waals surface area contributed by atoms with Crippen molar-refractivity contribution in [2.75, 3.05) is 24.2 Å². The maximum absolute atomic E-state index is 13.5. The average molecular weight is 528 g/mol. The van der Waals surface area contributed by atoms with Gasteiger partial charge in [-0.15, -0.1) is 0 Å². The van der Waals surface area contributed by atoms with Crippen LogP contribution in [0.5, 0.6) is 0 Å². The number of carboxylic acid groups (broad SMARTS) is 1. The molecule has 2 aromatic carbocycles. The molecule has 4 rings (SSSR count). The van der Waals surface area contributed by atoms with Crippen LogP contribution in [0, 0.1) is 5.82 Å². The van der Waals surface area contributed by atoms with E-state index in [1.165, 1.54) is 66.4 Å². The maximum Gasteiger partial charge on any atom is 0.342 e. The van der Waals surface area contributed by atoms with Gasteiger partial charge in [-0.2, -0.15) is 5.10 Å². The van der Waals surface area contributed by atoms with E-state index in [1.54, 1.807) is 6.07 Å². The number of aliphatic hydroxyl groups excluding tert-OH is 1. The third-order valence-electron chi connectivity index (χ3n) is 5.53. The molecule has 2 aromatic heterocycles. The molecule has 0 saturated heterocycles. The van der Waals surface area contributed by atoms with Crippen LogP contribution in [-0.4, -0.2) is 59.7 Å². The first kappa shape index (κ1) is 25.8. The molecule has 3 N–H and O–H groups in total. The van der Waals surface area contributed by atoms with Crippen molar-refractivity contribution in [1.82, 2.24) is 9.61 Å². The molecule has 0 aliphatic heterocycles. The number of fused-ring (bicyclic) bond motifs is 1. The fourth-order valence-corrected chi connectivity index (χ4v) is 4.93. The van der Waals surface area contributed by atoms with Crippen LogP contribution < -0.4 is 4.72 Å². The van der Waals surface area contributed by atoms with Crippen LogP contribution in [0.15, 0.2) is 60.8 Å². The van der Waals surface area contributed by atoms with E-state index < -0.39 is 27.8 Å². The molecule has 37 heavy (non-hydrogen) atoms. The molecule has 2 heterocycles. The van der Waals surface area contributed by atoms with E-state index in [2.05, 4.69) is 9.82 Å². The van der Waals surface area contributed by atoms with E-state index in [1.807, 2.05) is 0 Å². The van der Waals surface area contributed by atoms with Gasteiger partial charge in [-0.25, -0.2) is 26.9 Å². The monoisotopic (exact) mass is 527 g/mol. The topological polar surface area (TPSA) is 147 Å². The Balaban J connectivity index is 2.00. The molecule has 0 spiro atoms. The van der Waals surface area contributed by atoms with Crippen LogP contribution in [0.25, 0.3) is 27.9 Å². The minimum atomic E-state index is -3.90. The summed E-state index contributed by atoms with van der Waals surface area (Å²) in [5, 5.41) is 22.9. The van der Waals surface area contributed by atoms with Crippen LogP contribution in [0.2, 0.25) is 0 Å². The number of hydrogen-bond donors (Lipinski definition) is 3. The van der Waals surface area contributed by atoms with Crippen LogP contribution >= 0.6 is 0 Å². The maximum atomic E-state index is 13.5. The number of hydrogen-bond acceptors (Lipinski definition) is 7. The highest BCUT2D eigenvalue weighted by atomic mass is 32.2. The molecule has 12 heteroatoms. The molecule has 0 saturated carbocycles. The summed E-state index contributed by atoms with van der Waals surface area (Å²) in [6.07, 6.45) is 1.36. The summed E-state index contributed by atoms with van der Waals surface area (Å²) in [4.78, 5) is 24.4. The summed E-state index contributed by atoms with van der Waals surface area (Å²) < 4.78 is 47.6. The number of nitrogens with zero attached hydrogens (tertiary/aromatic N) is 2. The zero-order valence-corrected chi connectivity index (χ0v) is 20.3. The molecular weight excluding hydrogens is 505 g/mol. The normalized spacial score (nSPS) is 11.4. The number of aromatic nitrogens is 2. The number of carbonyl (C=O) groups excluding carboxylic acids is 1. The largest absolute Gasteiger partial charge is 0.478 e. The molecule has 0 bridgehead atoms. The van der Waals surface area contributed by atoms with Gasteiger partial charge in [-0.3, -0.25) is 4.72 Å². The molecule has 10 nitrogen and oxygen atoms in total. The van der Waals surface area contributed by atoms with Gasteiger partial charge in [-0.1, -0.05) is 12.1 Å². The lowest BCUT2D eigenvalue weighted by atomic mass is 10.0.